The normalized spacial score (nSPS) is 19.4. The van der Waals surface area contributed by atoms with Gasteiger partial charge in [-0.05, 0) is 44.6 Å². The quantitative estimate of drug-likeness (QED) is 0.888. The van der Waals surface area contributed by atoms with Gasteiger partial charge in [-0.25, -0.2) is 0 Å². The molecular weight excluding hydrogens is 250 g/mol. The lowest BCUT2D eigenvalue weighted by molar-refractivity contribution is -0.0277. The first-order chi connectivity index (χ1) is 9.01. The van der Waals surface area contributed by atoms with E-state index < -0.39 is 5.60 Å². The summed E-state index contributed by atoms with van der Waals surface area (Å²) < 4.78 is 0. The molecule has 0 aromatic heterocycles. The fourth-order valence-corrected chi connectivity index (χ4v) is 3.17. The number of benzene rings is 1. The molecule has 1 atom stereocenters. The van der Waals surface area contributed by atoms with Crippen molar-refractivity contribution in [2.75, 3.05) is 20.6 Å². The number of rotatable bonds is 4. The zero-order valence-electron chi connectivity index (χ0n) is 12.0. The Morgan fingerprint density at radius 1 is 1.10 bits per heavy atom. The Kier molecular flexibility index (Phi) is 6.03. The molecule has 1 aromatic rings. The Hall–Kier alpha value is -1.06. The van der Waals surface area contributed by atoms with E-state index >= 15 is 0 Å². The predicted molar refractivity (Wildman–Crippen MR) is 84.2 cm³/mol. The van der Waals surface area contributed by atoms with E-state index in [0.717, 1.165) is 37.8 Å². The molecule has 0 saturated heterocycles. The van der Waals surface area contributed by atoms with Crippen LogP contribution in [0.1, 0.15) is 51.0 Å². The van der Waals surface area contributed by atoms with Gasteiger partial charge >= 0.3 is 0 Å². The molecule has 1 saturated carbocycles. The average molecular weight is 279 g/mol. The maximum atomic E-state index is 11.0. The molecule has 0 amide bonds. The molecule has 1 fully saturated rings. The molecule has 3 heteroatoms. The first kappa shape index (κ1) is 17.0. The third kappa shape index (κ3) is 3.97. The van der Waals surface area contributed by atoms with E-state index in [9.17, 15) is 10.2 Å². The van der Waals surface area contributed by atoms with Crippen LogP contribution in [0.4, 0.5) is 0 Å². The van der Waals surface area contributed by atoms with Crippen LogP contribution >= 0.6 is 0 Å². The van der Waals surface area contributed by atoms with E-state index in [1.54, 1.807) is 12.1 Å². The molecule has 1 aliphatic carbocycles. The van der Waals surface area contributed by atoms with Crippen molar-refractivity contribution in [3.05, 3.63) is 29.8 Å². The molecule has 1 unspecified atom stereocenters. The van der Waals surface area contributed by atoms with Crippen LogP contribution in [-0.4, -0.2) is 41.4 Å². The Bertz CT molecular complexity index is 394. The summed E-state index contributed by atoms with van der Waals surface area (Å²) in [5.41, 5.74) is 0.523. The maximum absolute atomic E-state index is 11.0. The molecule has 0 radical (unpaired) electrons. The summed E-state index contributed by atoms with van der Waals surface area (Å²) in [5.74, 6) is 0.395. The molecule has 20 heavy (non-hydrogen) atoms. The van der Waals surface area contributed by atoms with Crippen molar-refractivity contribution in [1.82, 2.24) is 4.90 Å². The SMILES string of the molecule is C.CN(C)CC(c1ccc(O)cc1)C1(O)CCCCC1. The van der Waals surface area contributed by atoms with E-state index in [4.69, 9.17) is 0 Å². The molecule has 1 aromatic carbocycles. The van der Waals surface area contributed by atoms with Crippen LogP contribution in [-0.2, 0) is 0 Å². The highest BCUT2D eigenvalue weighted by atomic mass is 16.3. The van der Waals surface area contributed by atoms with Crippen molar-refractivity contribution < 1.29 is 10.2 Å². The molecule has 2 N–H and O–H groups in total. The number of likely N-dealkylation sites (N-methyl/N-ethyl adjacent to an activating group) is 1. The van der Waals surface area contributed by atoms with Gasteiger partial charge in [0.2, 0.25) is 0 Å². The molecule has 3 nitrogen and oxygen atoms in total. The zero-order valence-corrected chi connectivity index (χ0v) is 12.0. The van der Waals surface area contributed by atoms with Gasteiger partial charge in [-0.1, -0.05) is 38.8 Å². The monoisotopic (exact) mass is 279 g/mol. The number of phenolic OH excluding ortho intramolecular Hbond substituents is 1. The van der Waals surface area contributed by atoms with E-state index in [2.05, 4.69) is 4.90 Å². The summed E-state index contributed by atoms with van der Waals surface area (Å²) >= 11 is 0. The van der Waals surface area contributed by atoms with Crippen molar-refractivity contribution >= 4 is 0 Å². The zero-order chi connectivity index (χ0) is 13.9. The molecule has 0 bridgehead atoms. The first-order valence-corrected chi connectivity index (χ1v) is 7.17. The van der Waals surface area contributed by atoms with E-state index in [-0.39, 0.29) is 19.1 Å². The van der Waals surface area contributed by atoms with Gasteiger partial charge < -0.3 is 15.1 Å². The molecule has 2 rings (SSSR count). The summed E-state index contributed by atoms with van der Waals surface area (Å²) in [6.07, 6.45) is 5.21. The molecule has 0 spiro atoms. The van der Waals surface area contributed by atoms with Crippen molar-refractivity contribution in [3.63, 3.8) is 0 Å². The van der Waals surface area contributed by atoms with Crippen LogP contribution in [0.3, 0.4) is 0 Å². The number of hydrogen-bond acceptors (Lipinski definition) is 3. The van der Waals surface area contributed by atoms with E-state index in [1.165, 1.54) is 6.42 Å². The fourth-order valence-electron chi connectivity index (χ4n) is 3.17. The smallest absolute Gasteiger partial charge is 0.115 e. The maximum Gasteiger partial charge on any atom is 0.115 e. The molecule has 0 heterocycles. The average Bonchev–Trinajstić information content (AvgIpc) is 2.38. The highest BCUT2D eigenvalue weighted by Crippen LogP contribution is 2.40. The summed E-state index contributed by atoms with van der Waals surface area (Å²) in [6.45, 7) is 0.835. The molecule has 1 aliphatic rings. The fraction of sp³-hybridized carbons (Fsp3) is 0.647. The second-order valence-corrected chi connectivity index (χ2v) is 6.07. The lowest BCUT2D eigenvalue weighted by atomic mass is 9.72. The minimum Gasteiger partial charge on any atom is -0.508 e. The Morgan fingerprint density at radius 3 is 2.15 bits per heavy atom. The number of phenols is 1. The summed E-state index contributed by atoms with van der Waals surface area (Å²) in [7, 11) is 4.08. The van der Waals surface area contributed by atoms with Crippen LogP contribution in [0.15, 0.2) is 24.3 Å². The van der Waals surface area contributed by atoms with Gasteiger partial charge in [0.1, 0.15) is 5.75 Å². The molecule has 114 valence electrons. The summed E-state index contributed by atoms with van der Waals surface area (Å²) in [5, 5.41) is 20.4. The van der Waals surface area contributed by atoms with Crippen molar-refractivity contribution in [2.24, 2.45) is 0 Å². The van der Waals surface area contributed by atoms with Gasteiger partial charge in [-0.2, -0.15) is 0 Å². The minimum atomic E-state index is -0.598. The van der Waals surface area contributed by atoms with Gasteiger partial charge in [-0.3, -0.25) is 0 Å². The van der Waals surface area contributed by atoms with Crippen LogP contribution in [0.25, 0.3) is 0 Å². The lowest BCUT2D eigenvalue weighted by Crippen LogP contribution is -2.42. The van der Waals surface area contributed by atoms with E-state index in [0.29, 0.717) is 0 Å². The number of hydrogen-bond donors (Lipinski definition) is 2. The number of nitrogens with zero attached hydrogens (tertiary/aromatic N) is 1. The summed E-state index contributed by atoms with van der Waals surface area (Å²) in [6, 6.07) is 7.31. The van der Waals surface area contributed by atoms with Gasteiger partial charge in [0.05, 0.1) is 5.60 Å². The van der Waals surface area contributed by atoms with Crippen LogP contribution in [0.2, 0.25) is 0 Å². The number of aromatic hydroxyl groups is 1. The van der Waals surface area contributed by atoms with Crippen LogP contribution < -0.4 is 0 Å². The molecular formula is C17H29NO2. The second-order valence-electron chi connectivity index (χ2n) is 6.07. The lowest BCUT2D eigenvalue weighted by Gasteiger charge is -2.40. The highest BCUT2D eigenvalue weighted by molar-refractivity contribution is 5.30. The standard InChI is InChI=1S/C16H25NO2.CH4/c1-17(2)12-15(13-6-8-14(18)9-7-13)16(19)10-4-3-5-11-16;/h6-9,15,18-19H,3-5,10-12H2,1-2H3;1H4. The second kappa shape index (κ2) is 7.09. The topological polar surface area (TPSA) is 43.7 Å². The van der Waals surface area contributed by atoms with Crippen LogP contribution in [0.5, 0.6) is 5.75 Å². The van der Waals surface area contributed by atoms with Gasteiger partial charge in [0, 0.05) is 12.5 Å². The highest BCUT2D eigenvalue weighted by Gasteiger charge is 2.38. The third-order valence-electron chi connectivity index (χ3n) is 4.21. The van der Waals surface area contributed by atoms with Crippen LogP contribution in [0, 0.1) is 0 Å². The summed E-state index contributed by atoms with van der Waals surface area (Å²) in [4.78, 5) is 2.13. The van der Waals surface area contributed by atoms with Crippen molar-refractivity contribution in [2.45, 2.75) is 51.0 Å². The Balaban J connectivity index is 0.00000200. The Labute approximate surface area is 123 Å². The third-order valence-corrected chi connectivity index (χ3v) is 4.21. The first-order valence-electron chi connectivity index (χ1n) is 7.17. The Morgan fingerprint density at radius 2 is 1.65 bits per heavy atom. The van der Waals surface area contributed by atoms with Crippen molar-refractivity contribution in [1.29, 1.82) is 0 Å². The number of aliphatic hydroxyl groups is 1. The molecule has 0 aliphatic heterocycles. The largest absolute Gasteiger partial charge is 0.508 e. The van der Waals surface area contributed by atoms with Gasteiger partial charge in [-0.15, -0.1) is 0 Å². The van der Waals surface area contributed by atoms with Crippen molar-refractivity contribution in [3.8, 4) is 5.75 Å². The predicted octanol–water partition coefficient (Wildman–Crippen LogP) is 3.37. The minimum absolute atomic E-state index is 0. The van der Waals surface area contributed by atoms with Gasteiger partial charge in [0.15, 0.2) is 0 Å². The van der Waals surface area contributed by atoms with E-state index in [1.807, 2.05) is 26.2 Å². The van der Waals surface area contributed by atoms with Gasteiger partial charge in [0.25, 0.3) is 0 Å².